The van der Waals surface area contributed by atoms with Crippen LogP contribution in [0.2, 0.25) is 5.02 Å². The summed E-state index contributed by atoms with van der Waals surface area (Å²) in [6, 6.07) is 5.33. The second kappa shape index (κ2) is 8.00. The molecule has 0 spiro atoms. The molecule has 0 aliphatic rings. The maximum absolute atomic E-state index is 5.94. The molecule has 0 fully saturated rings. The summed E-state index contributed by atoms with van der Waals surface area (Å²) in [5.74, 6) is 1.72. The van der Waals surface area contributed by atoms with Crippen molar-refractivity contribution in [3.63, 3.8) is 0 Å². The fraction of sp³-hybridized carbons (Fsp3) is 0.467. The lowest BCUT2D eigenvalue weighted by Gasteiger charge is -2.04. The van der Waals surface area contributed by atoms with E-state index in [2.05, 4.69) is 22.4 Å². The molecule has 1 N–H and O–H groups in total. The fourth-order valence-corrected chi connectivity index (χ4v) is 2.13. The second-order valence-electron chi connectivity index (χ2n) is 4.70. The number of rotatable bonds is 8. The van der Waals surface area contributed by atoms with Gasteiger partial charge in [0.2, 0.25) is 5.89 Å². The van der Waals surface area contributed by atoms with Gasteiger partial charge < -0.3 is 14.5 Å². The maximum Gasteiger partial charge on any atom is 0.251 e. The van der Waals surface area contributed by atoms with E-state index in [-0.39, 0.29) is 0 Å². The monoisotopic (exact) mass is 309 g/mol. The number of ether oxygens (including phenoxy) is 1. The number of aromatic nitrogens is 2. The summed E-state index contributed by atoms with van der Waals surface area (Å²) in [6.45, 7) is 4.14. The van der Waals surface area contributed by atoms with Gasteiger partial charge in [-0.15, -0.1) is 10.2 Å². The number of nitrogens with one attached hydrogen (secondary N) is 1. The van der Waals surface area contributed by atoms with Gasteiger partial charge in [-0.25, -0.2) is 0 Å². The molecular weight excluding hydrogens is 290 g/mol. The van der Waals surface area contributed by atoms with Crippen molar-refractivity contribution in [2.45, 2.75) is 26.2 Å². The van der Waals surface area contributed by atoms with E-state index in [1.54, 1.807) is 19.2 Å². The van der Waals surface area contributed by atoms with Crippen LogP contribution in [0, 0.1) is 0 Å². The van der Waals surface area contributed by atoms with Crippen molar-refractivity contribution in [1.29, 1.82) is 0 Å². The first kappa shape index (κ1) is 15.8. The molecule has 1 heterocycles. The number of methoxy groups -OCH3 is 1. The number of benzene rings is 1. The Morgan fingerprint density at radius 1 is 1.29 bits per heavy atom. The van der Waals surface area contributed by atoms with Crippen LogP contribution in [0.1, 0.15) is 25.7 Å². The molecule has 0 amide bonds. The molecule has 0 unspecified atom stereocenters. The van der Waals surface area contributed by atoms with Crippen LogP contribution in [0.3, 0.4) is 0 Å². The molecule has 0 atom stereocenters. The minimum absolute atomic E-state index is 0.458. The van der Waals surface area contributed by atoms with E-state index in [1.807, 2.05) is 6.07 Å². The highest BCUT2D eigenvalue weighted by atomic mass is 35.5. The summed E-state index contributed by atoms with van der Waals surface area (Å²) >= 11 is 5.94. The lowest BCUT2D eigenvalue weighted by molar-refractivity contribution is 0.413. The molecule has 0 saturated carbocycles. The van der Waals surface area contributed by atoms with Gasteiger partial charge in [0.15, 0.2) is 0 Å². The minimum atomic E-state index is 0.458. The summed E-state index contributed by atoms with van der Waals surface area (Å²) in [7, 11) is 1.59. The Kier molecular flexibility index (Phi) is 6.02. The Morgan fingerprint density at radius 3 is 2.90 bits per heavy atom. The van der Waals surface area contributed by atoms with E-state index in [0.717, 1.165) is 37.9 Å². The zero-order valence-corrected chi connectivity index (χ0v) is 13.1. The molecular formula is C15H20ClN3O2. The van der Waals surface area contributed by atoms with Gasteiger partial charge in [-0.05, 0) is 44.1 Å². The minimum Gasteiger partial charge on any atom is -0.496 e. The van der Waals surface area contributed by atoms with E-state index < -0.39 is 0 Å². The van der Waals surface area contributed by atoms with Crippen molar-refractivity contribution in [1.82, 2.24) is 15.5 Å². The average Bonchev–Trinajstić information content (AvgIpc) is 2.95. The third-order valence-corrected chi connectivity index (χ3v) is 3.27. The van der Waals surface area contributed by atoms with Crippen LogP contribution in [0.5, 0.6) is 5.75 Å². The number of hydrogen-bond donors (Lipinski definition) is 1. The second-order valence-corrected chi connectivity index (χ2v) is 5.14. The van der Waals surface area contributed by atoms with E-state index in [4.69, 9.17) is 20.8 Å². The molecule has 0 radical (unpaired) electrons. The van der Waals surface area contributed by atoms with E-state index >= 15 is 0 Å². The number of hydrogen-bond acceptors (Lipinski definition) is 5. The molecule has 1 aromatic carbocycles. The Labute approximate surface area is 129 Å². The van der Waals surface area contributed by atoms with Crippen molar-refractivity contribution in [2.24, 2.45) is 0 Å². The first-order valence-electron chi connectivity index (χ1n) is 7.11. The summed E-state index contributed by atoms with van der Waals surface area (Å²) in [5.41, 5.74) is 0.754. The average molecular weight is 310 g/mol. The number of nitrogens with zero attached hydrogens (tertiary/aromatic N) is 2. The largest absolute Gasteiger partial charge is 0.496 e. The van der Waals surface area contributed by atoms with Crippen molar-refractivity contribution < 1.29 is 9.15 Å². The van der Waals surface area contributed by atoms with Gasteiger partial charge in [0.25, 0.3) is 5.89 Å². The highest BCUT2D eigenvalue weighted by Crippen LogP contribution is 2.31. The topological polar surface area (TPSA) is 60.2 Å². The zero-order chi connectivity index (χ0) is 15.1. The van der Waals surface area contributed by atoms with Crippen molar-refractivity contribution in [3.8, 4) is 17.2 Å². The summed E-state index contributed by atoms with van der Waals surface area (Å²) < 4.78 is 11.0. The van der Waals surface area contributed by atoms with E-state index in [0.29, 0.717) is 22.6 Å². The Bertz CT molecular complexity index is 572. The molecule has 0 aliphatic heterocycles. The van der Waals surface area contributed by atoms with E-state index in [1.165, 1.54) is 0 Å². The van der Waals surface area contributed by atoms with Gasteiger partial charge in [0.1, 0.15) is 5.75 Å². The molecule has 0 aliphatic carbocycles. The van der Waals surface area contributed by atoms with Gasteiger partial charge in [-0.1, -0.05) is 18.5 Å². The first-order chi connectivity index (χ1) is 10.2. The molecule has 5 nitrogen and oxygen atoms in total. The number of halogens is 1. The zero-order valence-electron chi connectivity index (χ0n) is 12.4. The lowest BCUT2D eigenvalue weighted by atomic mass is 10.2. The van der Waals surface area contributed by atoms with Crippen LogP contribution >= 0.6 is 11.6 Å². The molecule has 2 aromatic rings. The van der Waals surface area contributed by atoms with Crippen LogP contribution in [-0.2, 0) is 6.42 Å². The Balaban J connectivity index is 1.99. The molecule has 6 heteroatoms. The van der Waals surface area contributed by atoms with Gasteiger partial charge in [0, 0.05) is 11.4 Å². The van der Waals surface area contributed by atoms with Crippen LogP contribution in [0.15, 0.2) is 22.6 Å². The van der Waals surface area contributed by atoms with Crippen LogP contribution in [0.4, 0.5) is 0 Å². The van der Waals surface area contributed by atoms with Gasteiger partial charge in [-0.3, -0.25) is 0 Å². The van der Waals surface area contributed by atoms with Gasteiger partial charge in [0.05, 0.1) is 12.7 Å². The molecule has 114 valence electrons. The molecule has 1 aromatic heterocycles. The third kappa shape index (κ3) is 4.44. The molecule has 0 bridgehead atoms. The van der Waals surface area contributed by atoms with Gasteiger partial charge in [-0.2, -0.15) is 0 Å². The predicted molar refractivity (Wildman–Crippen MR) is 82.8 cm³/mol. The fourth-order valence-electron chi connectivity index (χ4n) is 1.97. The summed E-state index contributed by atoms with van der Waals surface area (Å²) in [6.07, 6.45) is 2.88. The highest BCUT2D eigenvalue weighted by molar-refractivity contribution is 6.30. The van der Waals surface area contributed by atoms with E-state index in [9.17, 15) is 0 Å². The smallest absolute Gasteiger partial charge is 0.251 e. The van der Waals surface area contributed by atoms with Crippen molar-refractivity contribution in [3.05, 3.63) is 29.1 Å². The van der Waals surface area contributed by atoms with Gasteiger partial charge >= 0.3 is 0 Å². The van der Waals surface area contributed by atoms with Crippen LogP contribution < -0.4 is 10.1 Å². The molecule has 0 saturated heterocycles. The Hall–Kier alpha value is -1.59. The maximum atomic E-state index is 5.94. The summed E-state index contributed by atoms with van der Waals surface area (Å²) in [5, 5.41) is 12.1. The predicted octanol–water partition coefficient (Wildman–Crippen LogP) is 3.33. The summed E-state index contributed by atoms with van der Waals surface area (Å²) in [4.78, 5) is 0. The first-order valence-corrected chi connectivity index (χ1v) is 7.49. The van der Waals surface area contributed by atoms with Crippen LogP contribution in [0.25, 0.3) is 11.5 Å². The number of aryl methyl sites for hydroxylation is 1. The van der Waals surface area contributed by atoms with Crippen LogP contribution in [-0.4, -0.2) is 30.4 Å². The molecule has 21 heavy (non-hydrogen) atoms. The van der Waals surface area contributed by atoms with Crippen molar-refractivity contribution in [2.75, 3.05) is 20.2 Å². The SMILES string of the molecule is CCCNCCCc1nnc(-c2ccc(Cl)cc2OC)o1. The Morgan fingerprint density at radius 2 is 2.14 bits per heavy atom. The third-order valence-electron chi connectivity index (χ3n) is 3.03. The lowest BCUT2D eigenvalue weighted by Crippen LogP contribution is -2.16. The normalized spacial score (nSPS) is 10.8. The standard InChI is InChI=1S/C15H20ClN3O2/c1-3-8-17-9-4-5-14-18-19-15(21-14)12-7-6-11(16)10-13(12)20-2/h6-7,10,17H,3-5,8-9H2,1-2H3. The molecule has 2 rings (SSSR count). The highest BCUT2D eigenvalue weighted by Gasteiger charge is 2.13. The van der Waals surface area contributed by atoms with Crippen molar-refractivity contribution >= 4 is 11.6 Å². The quantitative estimate of drug-likeness (QED) is 0.758.